The van der Waals surface area contributed by atoms with Gasteiger partial charge in [-0.2, -0.15) is 0 Å². The van der Waals surface area contributed by atoms with Crippen LogP contribution < -0.4 is 20.1 Å². The molecule has 1 saturated heterocycles. The molecular weight excluding hydrogens is 470 g/mol. The van der Waals surface area contributed by atoms with Crippen molar-refractivity contribution < 1.29 is 27.8 Å². The van der Waals surface area contributed by atoms with Crippen molar-refractivity contribution in [2.24, 2.45) is 0 Å². The van der Waals surface area contributed by atoms with Crippen LogP contribution in [0.3, 0.4) is 0 Å². The van der Waals surface area contributed by atoms with Crippen LogP contribution in [0.25, 0.3) is 15.7 Å². The minimum Gasteiger partial charge on any atom is -0.502 e. The van der Waals surface area contributed by atoms with E-state index in [2.05, 4.69) is 20.5 Å². The summed E-state index contributed by atoms with van der Waals surface area (Å²) in [5.41, 5.74) is 1.12. The molecule has 1 atom stereocenters. The number of amides is 2. The Bertz CT molecular complexity index is 1480. The zero-order chi connectivity index (χ0) is 25.1. The summed E-state index contributed by atoms with van der Waals surface area (Å²) >= 11 is 0. The van der Waals surface area contributed by atoms with E-state index in [9.17, 15) is 13.6 Å². The Kier molecular flexibility index (Phi) is 6.30. The van der Waals surface area contributed by atoms with Gasteiger partial charge in [0.1, 0.15) is 41.6 Å². The lowest BCUT2D eigenvalue weighted by Gasteiger charge is -2.13. The van der Waals surface area contributed by atoms with Crippen molar-refractivity contribution >= 4 is 34.0 Å². The highest BCUT2D eigenvalue weighted by Gasteiger charge is 2.24. The quantitative estimate of drug-likeness (QED) is 0.236. The van der Waals surface area contributed by atoms with Crippen LogP contribution in [0.2, 0.25) is 0 Å². The minimum absolute atomic E-state index is 0.0447. The molecule has 2 heterocycles. The average Bonchev–Trinajstić information content (AvgIpc) is 3.70. The molecule has 1 fully saturated rings. The van der Waals surface area contributed by atoms with Crippen molar-refractivity contribution in [3.63, 3.8) is 0 Å². The molecule has 8 nitrogen and oxygen atoms in total. The van der Waals surface area contributed by atoms with Crippen LogP contribution in [0.15, 0.2) is 66.9 Å². The summed E-state index contributed by atoms with van der Waals surface area (Å²) in [7, 11) is 0. The van der Waals surface area contributed by atoms with Gasteiger partial charge < -0.3 is 24.8 Å². The minimum atomic E-state index is -0.722. The molecule has 2 amide bonds. The molecule has 0 saturated carbocycles. The summed E-state index contributed by atoms with van der Waals surface area (Å²) in [6.07, 6.45) is 1.58. The average molecular weight is 488 g/mol. The monoisotopic (exact) mass is 488 g/mol. The molecule has 3 aromatic carbocycles. The van der Waals surface area contributed by atoms with E-state index in [-0.39, 0.29) is 17.5 Å². The van der Waals surface area contributed by atoms with E-state index < -0.39 is 17.7 Å². The number of rotatable bonds is 7. The summed E-state index contributed by atoms with van der Waals surface area (Å²) in [5.74, 6) is -0.207. The molecule has 1 aliphatic rings. The van der Waals surface area contributed by atoms with Crippen LogP contribution >= 0.6 is 0 Å². The number of benzene rings is 3. The summed E-state index contributed by atoms with van der Waals surface area (Å²) in [6, 6.07) is 13.3. The molecule has 4 aromatic rings. The number of carbonyl (C=O) groups is 1. The molecule has 36 heavy (non-hydrogen) atoms. The van der Waals surface area contributed by atoms with Gasteiger partial charge in [-0.1, -0.05) is 0 Å². The summed E-state index contributed by atoms with van der Waals surface area (Å²) in [4.78, 5) is 20.0. The topological polar surface area (TPSA) is 89.4 Å². The van der Waals surface area contributed by atoms with Crippen molar-refractivity contribution in [3.05, 3.63) is 89.9 Å². The predicted octanol–water partition coefficient (Wildman–Crippen LogP) is 6.28. The summed E-state index contributed by atoms with van der Waals surface area (Å²) in [6.45, 7) is 8.48. The third kappa shape index (κ3) is 5.32. The van der Waals surface area contributed by atoms with Crippen molar-refractivity contribution in [3.8, 4) is 17.2 Å². The van der Waals surface area contributed by atoms with Gasteiger partial charge in [-0.25, -0.2) is 18.4 Å². The Morgan fingerprint density at radius 1 is 1.08 bits per heavy atom. The first-order chi connectivity index (χ1) is 17.5. The largest absolute Gasteiger partial charge is 0.502 e. The van der Waals surface area contributed by atoms with Gasteiger partial charge in [-0.15, -0.1) is 0 Å². The van der Waals surface area contributed by atoms with Crippen molar-refractivity contribution in [2.45, 2.75) is 6.10 Å². The molecule has 0 bridgehead atoms. The van der Waals surface area contributed by atoms with Crippen LogP contribution in [0.1, 0.15) is 0 Å². The Hall–Kier alpha value is -4.75. The second-order valence-electron chi connectivity index (χ2n) is 7.85. The fraction of sp³-hybridized carbons (Fsp3) is 0.115. The first-order valence-corrected chi connectivity index (χ1v) is 10.8. The smallest absolute Gasteiger partial charge is 0.323 e. The first-order valence-electron chi connectivity index (χ1n) is 10.8. The Labute approximate surface area is 204 Å². The van der Waals surface area contributed by atoms with Crippen LogP contribution in [0.5, 0.6) is 17.2 Å². The molecule has 1 aromatic heterocycles. The maximum atomic E-state index is 14.7. The molecular formula is C26H18F2N4O4. The van der Waals surface area contributed by atoms with Crippen molar-refractivity contribution in [1.82, 2.24) is 4.98 Å². The van der Waals surface area contributed by atoms with Gasteiger partial charge in [0.2, 0.25) is 5.69 Å². The molecule has 0 unspecified atom stereocenters. The Morgan fingerprint density at radius 2 is 1.89 bits per heavy atom. The molecule has 0 radical (unpaired) electrons. The number of aromatic nitrogens is 1. The van der Waals surface area contributed by atoms with Gasteiger partial charge in [0.15, 0.2) is 0 Å². The third-order valence-electron chi connectivity index (χ3n) is 5.25. The second-order valence-corrected chi connectivity index (χ2v) is 7.85. The number of anilines is 2. The number of nitrogens with zero attached hydrogens (tertiary/aromatic N) is 2. The number of ether oxygens (including phenoxy) is 3. The fourth-order valence-corrected chi connectivity index (χ4v) is 3.38. The number of urea groups is 1. The number of halogens is 2. The van der Waals surface area contributed by atoms with E-state index in [0.717, 1.165) is 6.07 Å². The molecule has 0 aliphatic carbocycles. The lowest BCUT2D eigenvalue weighted by molar-refractivity contribution is 0.262. The van der Waals surface area contributed by atoms with E-state index in [1.165, 1.54) is 42.6 Å². The van der Waals surface area contributed by atoms with Crippen LogP contribution in [0, 0.1) is 18.2 Å². The lowest BCUT2D eigenvalue weighted by atomic mass is 10.1. The van der Waals surface area contributed by atoms with Crippen LogP contribution in [0.4, 0.5) is 30.6 Å². The van der Waals surface area contributed by atoms with Gasteiger partial charge in [-0.05, 0) is 54.6 Å². The number of hydrogen-bond donors (Lipinski definition) is 2. The number of carbonyl (C=O) groups excluding carboxylic acids is 1. The zero-order valence-electron chi connectivity index (χ0n) is 18.6. The van der Waals surface area contributed by atoms with Gasteiger partial charge in [-0.3, -0.25) is 4.98 Å². The summed E-state index contributed by atoms with van der Waals surface area (Å²) in [5, 5.41) is 5.44. The maximum absolute atomic E-state index is 14.7. The van der Waals surface area contributed by atoms with Gasteiger partial charge in [0.05, 0.1) is 24.4 Å². The highest BCUT2D eigenvalue weighted by Crippen LogP contribution is 2.38. The SMILES string of the molecule is [C-]#[N+]c1cc2c(Oc3ccc(NC(=O)Nc4ccc(F)cc4)c(F)c3)ccnc2cc1OC[C@H]1CO1. The Morgan fingerprint density at radius 3 is 2.61 bits per heavy atom. The summed E-state index contributed by atoms with van der Waals surface area (Å²) < 4.78 is 44.4. The molecule has 10 heteroatoms. The van der Waals surface area contributed by atoms with Gasteiger partial charge >= 0.3 is 6.03 Å². The third-order valence-corrected chi connectivity index (χ3v) is 5.25. The zero-order valence-corrected chi connectivity index (χ0v) is 18.6. The standard InChI is InChI=1S/C26H18F2N4O4/c1-29-23-11-19-22(12-25(23)35-14-18-13-34-18)30-9-8-24(19)36-17-6-7-21(20(28)10-17)32-26(33)31-16-4-2-15(27)3-5-16/h2-12,18H,13-14H2,(H2,31,32,33)/t18-/m1/s1. The normalized spacial score (nSPS) is 14.1. The van der Waals surface area contributed by atoms with E-state index in [1.54, 1.807) is 18.2 Å². The van der Waals surface area contributed by atoms with Crippen LogP contribution in [-0.2, 0) is 4.74 Å². The number of fused-ring (bicyclic) bond motifs is 1. The van der Waals surface area contributed by atoms with E-state index in [0.29, 0.717) is 47.0 Å². The Balaban J connectivity index is 1.32. The van der Waals surface area contributed by atoms with Crippen molar-refractivity contribution in [2.75, 3.05) is 23.8 Å². The number of pyridine rings is 1. The first kappa shape index (κ1) is 23.0. The highest BCUT2D eigenvalue weighted by atomic mass is 19.1. The molecule has 1 aliphatic heterocycles. The lowest BCUT2D eigenvalue weighted by Crippen LogP contribution is -2.20. The number of nitrogens with one attached hydrogen (secondary N) is 2. The van der Waals surface area contributed by atoms with Gasteiger partial charge in [0.25, 0.3) is 0 Å². The van der Waals surface area contributed by atoms with Crippen LogP contribution in [-0.4, -0.2) is 30.3 Å². The highest BCUT2D eigenvalue weighted by molar-refractivity contribution is 5.99. The van der Waals surface area contributed by atoms with E-state index in [4.69, 9.17) is 20.8 Å². The molecule has 0 spiro atoms. The van der Waals surface area contributed by atoms with E-state index in [1.807, 2.05) is 0 Å². The number of hydrogen-bond acceptors (Lipinski definition) is 5. The predicted molar refractivity (Wildman–Crippen MR) is 129 cm³/mol. The second kappa shape index (κ2) is 9.85. The maximum Gasteiger partial charge on any atom is 0.323 e. The molecule has 180 valence electrons. The van der Waals surface area contributed by atoms with E-state index >= 15 is 0 Å². The van der Waals surface area contributed by atoms with Gasteiger partial charge in [0, 0.05) is 23.3 Å². The number of epoxide rings is 1. The van der Waals surface area contributed by atoms with Crippen molar-refractivity contribution in [1.29, 1.82) is 0 Å². The molecule has 5 rings (SSSR count). The fourth-order valence-electron chi connectivity index (χ4n) is 3.38. The molecule has 2 N–H and O–H groups in total.